The predicted molar refractivity (Wildman–Crippen MR) is 106 cm³/mol. The van der Waals surface area contributed by atoms with Crippen LogP contribution in [0.2, 0.25) is 0 Å². The summed E-state index contributed by atoms with van der Waals surface area (Å²) in [5, 5.41) is 0.589. The minimum Gasteiger partial charge on any atom is -0.339 e. The van der Waals surface area contributed by atoms with Crippen molar-refractivity contribution in [2.75, 3.05) is 19.3 Å². The van der Waals surface area contributed by atoms with Gasteiger partial charge < -0.3 is 4.98 Å². The molecule has 1 aliphatic rings. The lowest BCUT2D eigenvalue weighted by atomic mass is 9.97. The molecule has 0 aliphatic carbocycles. The number of fused-ring (bicyclic) bond motifs is 1. The molecule has 1 aliphatic heterocycles. The van der Waals surface area contributed by atoms with E-state index in [1.807, 2.05) is 6.08 Å². The number of hydrogen-bond acceptors (Lipinski definition) is 3. The van der Waals surface area contributed by atoms with Gasteiger partial charge in [-0.3, -0.25) is 0 Å². The van der Waals surface area contributed by atoms with Crippen molar-refractivity contribution in [1.82, 2.24) is 14.3 Å². The fourth-order valence-corrected chi connectivity index (χ4v) is 4.36. The summed E-state index contributed by atoms with van der Waals surface area (Å²) in [7, 11) is -3.26. The normalized spacial score (nSPS) is 16.2. The molecule has 3 heterocycles. The highest BCUT2D eigenvalue weighted by molar-refractivity contribution is 7.88. The Kier molecular flexibility index (Phi) is 4.74. The first-order valence-electron chi connectivity index (χ1n) is 8.93. The first-order valence-corrected chi connectivity index (χ1v) is 10.8. The maximum atomic E-state index is 13.5. The molecule has 5 nitrogen and oxygen atoms in total. The summed E-state index contributed by atoms with van der Waals surface area (Å²) >= 11 is 0. The number of pyridine rings is 1. The molecule has 0 unspecified atom stereocenters. The van der Waals surface area contributed by atoms with Crippen molar-refractivity contribution in [3.8, 4) is 11.1 Å². The Morgan fingerprint density at radius 1 is 1.14 bits per heavy atom. The third kappa shape index (κ3) is 3.79. The number of nitrogens with one attached hydrogen (secondary N) is 1. The quantitative estimate of drug-likeness (QED) is 0.686. The number of sulfonamides is 1. The van der Waals surface area contributed by atoms with Crippen LogP contribution >= 0.6 is 0 Å². The minimum absolute atomic E-state index is 0.0961. The second-order valence-electron chi connectivity index (χ2n) is 6.95. The van der Waals surface area contributed by atoms with E-state index >= 15 is 0 Å². The molecule has 0 spiro atoms. The van der Waals surface area contributed by atoms with E-state index < -0.39 is 21.8 Å². The molecule has 0 atom stereocenters. The van der Waals surface area contributed by atoms with Crippen LogP contribution in [0.3, 0.4) is 0 Å². The van der Waals surface area contributed by atoms with Crippen LogP contribution in [0, 0.1) is 0 Å². The summed E-state index contributed by atoms with van der Waals surface area (Å²) in [5.41, 5.74) is 1.98. The molecule has 0 saturated carbocycles. The molecule has 29 heavy (non-hydrogen) atoms. The van der Waals surface area contributed by atoms with Crippen LogP contribution < -0.4 is 0 Å². The van der Waals surface area contributed by atoms with E-state index in [2.05, 4.69) is 9.97 Å². The van der Waals surface area contributed by atoms with Crippen LogP contribution in [-0.4, -0.2) is 42.0 Å². The molecule has 0 radical (unpaired) electrons. The fourth-order valence-electron chi connectivity index (χ4n) is 3.60. The molecule has 0 amide bonds. The zero-order valence-electron chi connectivity index (χ0n) is 15.5. The molecule has 0 bridgehead atoms. The Labute approximate surface area is 165 Å². The van der Waals surface area contributed by atoms with Crippen molar-refractivity contribution in [1.29, 1.82) is 0 Å². The van der Waals surface area contributed by atoms with Crippen LogP contribution in [0.5, 0.6) is 0 Å². The molecule has 2 aromatic heterocycles. The Balaban J connectivity index is 1.78. The van der Waals surface area contributed by atoms with Crippen molar-refractivity contribution < 1.29 is 21.6 Å². The van der Waals surface area contributed by atoms with Gasteiger partial charge in [0.1, 0.15) is 5.65 Å². The molecular formula is C20H18F3N3O2S. The molecule has 3 aromatic rings. The number of halogens is 3. The zero-order chi connectivity index (χ0) is 20.8. The fraction of sp³-hybridized carbons (Fsp3) is 0.250. The molecule has 1 N–H and O–H groups in total. The van der Waals surface area contributed by atoms with E-state index in [4.69, 9.17) is 0 Å². The van der Waals surface area contributed by atoms with Gasteiger partial charge in [0.2, 0.25) is 10.0 Å². The van der Waals surface area contributed by atoms with Crippen molar-refractivity contribution >= 4 is 26.6 Å². The Bertz CT molecular complexity index is 1210. The summed E-state index contributed by atoms with van der Waals surface area (Å²) in [6.07, 6.45) is 0.508. The van der Waals surface area contributed by atoms with Gasteiger partial charge in [0.25, 0.3) is 0 Å². The molecule has 0 fully saturated rings. The Morgan fingerprint density at radius 3 is 2.55 bits per heavy atom. The number of aromatic amines is 1. The van der Waals surface area contributed by atoms with E-state index in [0.29, 0.717) is 29.6 Å². The molecular weight excluding hydrogens is 403 g/mol. The van der Waals surface area contributed by atoms with Gasteiger partial charge in [0, 0.05) is 30.4 Å². The minimum atomic E-state index is -4.47. The second-order valence-corrected chi connectivity index (χ2v) is 8.93. The number of alkyl halides is 3. The summed E-state index contributed by atoms with van der Waals surface area (Å²) in [5.74, 6) is 0. The van der Waals surface area contributed by atoms with Crippen molar-refractivity contribution in [3.05, 3.63) is 59.9 Å². The molecule has 1 aromatic carbocycles. The average molecular weight is 421 g/mol. The lowest BCUT2D eigenvalue weighted by Crippen LogP contribution is -2.33. The van der Waals surface area contributed by atoms with Crippen LogP contribution in [0.4, 0.5) is 13.2 Å². The van der Waals surface area contributed by atoms with Gasteiger partial charge in [0.15, 0.2) is 0 Å². The largest absolute Gasteiger partial charge is 0.417 e. The highest BCUT2D eigenvalue weighted by Gasteiger charge is 2.33. The Hall–Kier alpha value is -2.65. The number of hydrogen-bond donors (Lipinski definition) is 1. The lowest BCUT2D eigenvalue weighted by Gasteiger charge is -2.23. The Morgan fingerprint density at radius 2 is 1.90 bits per heavy atom. The molecule has 9 heteroatoms. The third-order valence-electron chi connectivity index (χ3n) is 5.04. The number of benzene rings is 1. The molecule has 0 saturated heterocycles. The smallest absolute Gasteiger partial charge is 0.339 e. The summed E-state index contributed by atoms with van der Waals surface area (Å²) in [6, 6.07) is 8.83. The van der Waals surface area contributed by atoms with Crippen LogP contribution in [0.1, 0.15) is 17.7 Å². The zero-order valence-corrected chi connectivity index (χ0v) is 16.3. The summed E-state index contributed by atoms with van der Waals surface area (Å²) in [6.45, 7) is 0.623. The van der Waals surface area contributed by atoms with E-state index in [0.717, 1.165) is 17.3 Å². The van der Waals surface area contributed by atoms with Crippen LogP contribution in [0.15, 0.2) is 48.7 Å². The highest BCUT2D eigenvalue weighted by Crippen LogP contribution is 2.39. The first-order chi connectivity index (χ1) is 13.6. The number of aromatic nitrogens is 2. The topological polar surface area (TPSA) is 66.1 Å². The SMILES string of the molecule is CS(=O)(=O)N1CC=C(c2cc3c(-c4ccccc4C(F)(F)F)ccnc3[nH]2)CC1. The monoisotopic (exact) mass is 421 g/mol. The van der Waals surface area contributed by atoms with Gasteiger partial charge in [-0.2, -0.15) is 17.5 Å². The lowest BCUT2D eigenvalue weighted by molar-refractivity contribution is -0.137. The van der Waals surface area contributed by atoms with Crippen molar-refractivity contribution in [3.63, 3.8) is 0 Å². The first kappa shape index (κ1) is 19.7. The van der Waals surface area contributed by atoms with E-state index in [1.54, 1.807) is 18.2 Å². The van der Waals surface area contributed by atoms with E-state index in [9.17, 15) is 21.6 Å². The number of H-pyrrole nitrogens is 1. The summed E-state index contributed by atoms with van der Waals surface area (Å²) in [4.78, 5) is 7.42. The van der Waals surface area contributed by atoms with Crippen LogP contribution in [0.25, 0.3) is 27.7 Å². The van der Waals surface area contributed by atoms with Gasteiger partial charge >= 0.3 is 6.18 Å². The van der Waals surface area contributed by atoms with E-state index in [-0.39, 0.29) is 12.1 Å². The van der Waals surface area contributed by atoms with Crippen molar-refractivity contribution in [2.45, 2.75) is 12.6 Å². The maximum Gasteiger partial charge on any atom is 0.417 e. The maximum absolute atomic E-state index is 13.5. The number of nitrogens with zero attached hydrogens (tertiary/aromatic N) is 2. The average Bonchev–Trinajstić information content (AvgIpc) is 3.11. The van der Waals surface area contributed by atoms with Crippen molar-refractivity contribution in [2.24, 2.45) is 0 Å². The predicted octanol–water partition coefficient (Wildman–Crippen LogP) is 4.30. The van der Waals surface area contributed by atoms with Crippen LogP contribution in [-0.2, 0) is 16.2 Å². The molecule has 152 valence electrons. The summed E-state index contributed by atoms with van der Waals surface area (Å²) < 4.78 is 65.2. The highest BCUT2D eigenvalue weighted by atomic mass is 32.2. The van der Waals surface area contributed by atoms with Gasteiger partial charge in [0.05, 0.1) is 11.8 Å². The van der Waals surface area contributed by atoms with Gasteiger partial charge in [-0.15, -0.1) is 0 Å². The van der Waals surface area contributed by atoms with Gasteiger partial charge in [-0.25, -0.2) is 13.4 Å². The number of rotatable bonds is 3. The van der Waals surface area contributed by atoms with E-state index in [1.165, 1.54) is 28.9 Å². The second kappa shape index (κ2) is 7.00. The molecule has 4 rings (SSSR count). The van der Waals surface area contributed by atoms with Gasteiger partial charge in [-0.05, 0) is 41.3 Å². The standard InChI is InChI=1S/C20H18F3N3O2S/c1-29(27,28)26-10-7-13(8-11-26)18-12-16-14(6-9-24-19(16)25-18)15-4-2-3-5-17(15)20(21,22)23/h2-7,9,12H,8,10-11H2,1H3,(H,24,25). The third-order valence-corrected chi connectivity index (χ3v) is 6.31. The van der Waals surface area contributed by atoms with Gasteiger partial charge in [-0.1, -0.05) is 24.3 Å².